The van der Waals surface area contributed by atoms with Crippen molar-refractivity contribution in [1.29, 1.82) is 5.26 Å². The van der Waals surface area contributed by atoms with Gasteiger partial charge < -0.3 is 10.1 Å². The molecule has 0 heterocycles. The van der Waals surface area contributed by atoms with Crippen LogP contribution in [0.5, 0.6) is 0 Å². The van der Waals surface area contributed by atoms with Crippen molar-refractivity contribution < 1.29 is 14.3 Å². The number of nitriles is 1. The first-order chi connectivity index (χ1) is 12.5. The van der Waals surface area contributed by atoms with Gasteiger partial charge in [-0.3, -0.25) is 4.79 Å². The zero-order valence-corrected chi connectivity index (χ0v) is 14.9. The van der Waals surface area contributed by atoms with Crippen molar-refractivity contribution in [3.05, 3.63) is 70.3 Å². The lowest BCUT2D eigenvalue weighted by Gasteiger charge is -2.07. The third-order valence-corrected chi connectivity index (χ3v) is 3.59. The average Bonchev–Trinajstić information content (AvgIpc) is 2.65. The Balaban J connectivity index is 2.14. The fraction of sp³-hybridized carbons (Fsp3) is 0.150. The summed E-state index contributed by atoms with van der Waals surface area (Å²) >= 11 is 5.82. The fourth-order valence-corrected chi connectivity index (χ4v) is 2.20. The van der Waals surface area contributed by atoms with Crippen LogP contribution >= 0.6 is 11.6 Å². The van der Waals surface area contributed by atoms with Gasteiger partial charge >= 0.3 is 5.97 Å². The lowest BCUT2D eigenvalue weighted by molar-refractivity contribution is -0.112. The Hall–Kier alpha value is -3.10. The molecule has 1 N–H and O–H groups in total. The van der Waals surface area contributed by atoms with Gasteiger partial charge in [-0.2, -0.15) is 5.26 Å². The number of nitrogens with one attached hydrogen (secondary N) is 1. The van der Waals surface area contributed by atoms with Crippen LogP contribution in [0.15, 0.2) is 54.1 Å². The molecule has 0 aliphatic heterocycles. The Kier molecular flexibility index (Phi) is 6.95. The molecule has 0 spiro atoms. The molecule has 0 radical (unpaired) electrons. The quantitative estimate of drug-likeness (QED) is 0.464. The molecule has 5 nitrogen and oxygen atoms in total. The van der Waals surface area contributed by atoms with Crippen LogP contribution in [0.4, 0.5) is 5.69 Å². The minimum absolute atomic E-state index is 0.0636. The smallest absolute Gasteiger partial charge is 0.338 e. The molecule has 2 aromatic carbocycles. The molecule has 0 saturated carbocycles. The molecular formula is C20H17ClN2O3. The highest BCUT2D eigenvalue weighted by Gasteiger charge is 2.12. The van der Waals surface area contributed by atoms with E-state index >= 15 is 0 Å². The number of nitrogens with zero attached hydrogens (tertiary/aromatic N) is 1. The Morgan fingerprint density at radius 3 is 2.62 bits per heavy atom. The van der Waals surface area contributed by atoms with E-state index in [-0.39, 0.29) is 5.57 Å². The number of hydrogen-bond donors (Lipinski definition) is 1. The summed E-state index contributed by atoms with van der Waals surface area (Å²) in [5.41, 5.74) is 1.35. The normalized spacial score (nSPS) is 10.7. The van der Waals surface area contributed by atoms with Crippen LogP contribution in [-0.2, 0) is 9.53 Å². The van der Waals surface area contributed by atoms with Crippen molar-refractivity contribution in [2.24, 2.45) is 0 Å². The Morgan fingerprint density at radius 1 is 1.23 bits per heavy atom. The van der Waals surface area contributed by atoms with Gasteiger partial charge in [0.15, 0.2) is 0 Å². The molecule has 0 unspecified atom stereocenters. The van der Waals surface area contributed by atoms with E-state index < -0.39 is 11.9 Å². The first-order valence-corrected chi connectivity index (χ1v) is 8.37. The average molecular weight is 369 g/mol. The summed E-state index contributed by atoms with van der Waals surface area (Å²) < 4.78 is 5.07. The van der Waals surface area contributed by atoms with Crippen LogP contribution in [-0.4, -0.2) is 18.5 Å². The van der Waals surface area contributed by atoms with Crippen molar-refractivity contribution in [3.8, 4) is 6.07 Å². The third-order valence-electron chi connectivity index (χ3n) is 3.34. The number of esters is 1. The topological polar surface area (TPSA) is 79.2 Å². The molecule has 0 aliphatic carbocycles. The Morgan fingerprint density at radius 2 is 1.96 bits per heavy atom. The molecule has 26 heavy (non-hydrogen) atoms. The standard InChI is InChI=1S/C20H17ClN2O3/c1-2-10-26-20(25)15-4-3-5-18(12-15)23-19(24)16(13-22)11-14-6-8-17(21)9-7-14/h3-9,11-12H,2,10H2,1H3,(H,23,24)/b16-11+. The summed E-state index contributed by atoms with van der Waals surface area (Å²) in [7, 11) is 0. The number of carbonyl (C=O) groups excluding carboxylic acids is 2. The van der Waals surface area contributed by atoms with E-state index in [0.29, 0.717) is 28.4 Å². The highest BCUT2D eigenvalue weighted by Crippen LogP contribution is 2.15. The number of rotatable bonds is 6. The first-order valence-electron chi connectivity index (χ1n) is 7.99. The van der Waals surface area contributed by atoms with Gasteiger partial charge in [-0.05, 0) is 48.4 Å². The third kappa shape index (κ3) is 5.47. The molecule has 0 aliphatic rings. The summed E-state index contributed by atoms with van der Waals surface area (Å²) in [4.78, 5) is 24.2. The number of hydrogen-bond acceptors (Lipinski definition) is 4. The van der Waals surface area contributed by atoms with Gasteiger partial charge in [-0.15, -0.1) is 0 Å². The molecule has 0 atom stereocenters. The van der Waals surface area contributed by atoms with E-state index in [1.54, 1.807) is 42.5 Å². The number of benzene rings is 2. The molecule has 0 aromatic heterocycles. The largest absolute Gasteiger partial charge is 0.462 e. The zero-order valence-electron chi connectivity index (χ0n) is 14.2. The maximum absolute atomic E-state index is 12.3. The molecule has 132 valence electrons. The molecule has 6 heteroatoms. The van der Waals surface area contributed by atoms with Crippen molar-refractivity contribution in [2.75, 3.05) is 11.9 Å². The van der Waals surface area contributed by atoms with Crippen molar-refractivity contribution in [2.45, 2.75) is 13.3 Å². The predicted octanol–water partition coefficient (Wildman–Crippen LogP) is 4.45. The van der Waals surface area contributed by atoms with Crippen LogP contribution in [0.3, 0.4) is 0 Å². The summed E-state index contributed by atoms with van der Waals surface area (Å²) in [5, 5.41) is 12.4. The Labute approximate surface area is 156 Å². The second kappa shape index (κ2) is 9.40. The predicted molar refractivity (Wildman–Crippen MR) is 101 cm³/mol. The molecule has 0 saturated heterocycles. The lowest BCUT2D eigenvalue weighted by Crippen LogP contribution is -2.14. The number of halogens is 1. The van der Waals surface area contributed by atoms with Gasteiger partial charge in [0.25, 0.3) is 5.91 Å². The van der Waals surface area contributed by atoms with Crippen LogP contribution in [0.1, 0.15) is 29.3 Å². The van der Waals surface area contributed by atoms with Crippen LogP contribution in [0.2, 0.25) is 5.02 Å². The molecule has 1 amide bonds. The lowest BCUT2D eigenvalue weighted by atomic mass is 10.1. The van der Waals surface area contributed by atoms with Gasteiger partial charge in [0.1, 0.15) is 11.6 Å². The molecule has 2 aromatic rings. The van der Waals surface area contributed by atoms with Crippen LogP contribution in [0, 0.1) is 11.3 Å². The van der Waals surface area contributed by atoms with E-state index in [9.17, 15) is 14.9 Å². The maximum Gasteiger partial charge on any atom is 0.338 e. The van der Waals surface area contributed by atoms with Crippen LogP contribution < -0.4 is 5.32 Å². The molecule has 2 rings (SSSR count). The van der Waals surface area contributed by atoms with Crippen molar-refractivity contribution >= 4 is 35.2 Å². The van der Waals surface area contributed by atoms with E-state index in [4.69, 9.17) is 16.3 Å². The van der Waals surface area contributed by atoms with E-state index in [0.717, 1.165) is 6.42 Å². The minimum atomic E-state index is -0.568. The highest BCUT2D eigenvalue weighted by molar-refractivity contribution is 6.30. The van der Waals surface area contributed by atoms with E-state index in [1.165, 1.54) is 12.1 Å². The molecular weight excluding hydrogens is 352 g/mol. The summed E-state index contributed by atoms with van der Waals surface area (Å²) in [6.45, 7) is 2.23. The highest BCUT2D eigenvalue weighted by atomic mass is 35.5. The zero-order chi connectivity index (χ0) is 18.9. The number of amides is 1. The maximum atomic E-state index is 12.3. The number of ether oxygens (including phenoxy) is 1. The van der Waals surface area contributed by atoms with Gasteiger partial charge in [0.2, 0.25) is 0 Å². The number of carbonyl (C=O) groups is 2. The number of anilines is 1. The van der Waals surface area contributed by atoms with Crippen molar-refractivity contribution in [3.63, 3.8) is 0 Å². The second-order valence-electron chi connectivity index (χ2n) is 5.39. The summed E-state index contributed by atoms with van der Waals surface area (Å²) in [6, 6.07) is 15.0. The molecule has 0 fully saturated rings. The SMILES string of the molecule is CCCOC(=O)c1cccc(NC(=O)/C(C#N)=C/c2ccc(Cl)cc2)c1. The summed E-state index contributed by atoms with van der Waals surface area (Å²) in [6.07, 6.45) is 2.19. The van der Waals surface area contributed by atoms with Gasteiger partial charge in [0.05, 0.1) is 12.2 Å². The van der Waals surface area contributed by atoms with Gasteiger partial charge in [-0.25, -0.2) is 4.79 Å². The fourth-order valence-electron chi connectivity index (χ4n) is 2.07. The Bertz CT molecular complexity index is 867. The summed E-state index contributed by atoms with van der Waals surface area (Å²) in [5.74, 6) is -1.03. The molecule has 0 bridgehead atoms. The van der Waals surface area contributed by atoms with Crippen molar-refractivity contribution in [1.82, 2.24) is 0 Å². The van der Waals surface area contributed by atoms with E-state index in [2.05, 4.69) is 5.32 Å². The van der Waals surface area contributed by atoms with Gasteiger partial charge in [-0.1, -0.05) is 36.7 Å². The minimum Gasteiger partial charge on any atom is -0.462 e. The van der Waals surface area contributed by atoms with Crippen LogP contribution in [0.25, 0.3) is 6.08 Å². The van der Waals surface area contributed by atoms with E-state index in [1.807, 2.05) is 13.0 Å². The van der Waals surface area contributed by atoms with Gasteiger partial charge in [0, 0.05) is 10.7 Å². The monoisotopic (exact) mass is 368 g/mol. The first kappa shape index (κ1) is 19.2. The second-order valence-corrected chi connectivity index (χ2v) is 5.83.